The molecular formula is C16H19NO4. The number of rotatable bonds is 5. The predicted molar refractivity (Wildman–Crippen MR) is 79.1 cm³/mol. The molecule has 0 aliphatic heterocycles. The highest BCUT2D eigenvalue weighted by molar-refractivity contribution is 5.92. The van der Waals surface area contributed by atoms with Gasteiger partial charge in [0.05, 0.1) is 13.0 Å². The van der Waals surface area contributed by atoms with E-state index in [2.05, 4.69) is 11.4 Å². The molecule has 1 aromatic rings. The lowest BCUT2D eigenvalue weighted by Gasteiger charge is -2.16. The second-order valence-electron chi connectivity index (χ2n) is 4.87. The van der Waals surface area contributed by atoms with Crippen molar-refractivity contribution in [3.63, 3.8) is 0 Å². The monoisotopic (exact) mass is 289 g/mol. The van der Waals surface area contributed by atoms with E-state index in [9.17, 15) is 9.59 Å². The number of nitrogens with one attached hydrogen (secondary N) is 1. The van der Waals surface area contributed by atoms with Gasteiger partial charge >= 0.3 is 5.97 Å². The minimum atomic E-state index is -0.347. The lowest BCUT2D eigenvalue weighted by Crippen LogP contribution is -2.25. The van der Waals surface area contributed by atoms with Crippen LogP contribution in [-0.2, 0) is 14.3 Å². The van der Waals surface area contributed by atoms with Gasteiger partial charge in [-0.05, 0) is 43.5 Å². The third-order valence-corrected chi connectivity index (χ3v) is 3.32. The van der Waals surface area contributed by atoms with Gasteiger partial charge in [-0.2, -0.15) is 0 Å². The van der Waals surface area contributed by atoms with Crippen LogP contribution in [0.25, 0.3) is 0 Å². The Hall–Kier alpha value is -2.30. The molecule has 1 aromatic carbocycles. The van der Waals surface area contributed by atoms with Crippen molar-refractivity contribution in [1.82, 2.24) is 0 Å². The normalized spacial score (nSPS) is 17.1. The minimum absolute atomic E-state index is 0.121. The molecular weight excluding hydrogens is 270 g/mol. The summed E-state index contributed by atoms with van der Waals surface area (Å²) < 4.78 is 10.1. The minimum Gasteiger partial charge on any atom is -0.497 e. The number of esters is 1. The fourth-order valence-electron chi connectivity index (χ4n) is 2.13. The quantitative estimate of drug-likeness (QED) is 0.668. The molecule has 1 amide bonds. The Balaban J connectivity index is 1.76. The summed E-state index contributed by atoms with van der Waals surface area (Å²) in [6.45, 7) is -0.259. The Kier molecular flexibility index (Phi) is 5.37. The van der Waals surface area contributed by atoms with Crippen LogP contribution in [0.3, 0.4) is 0 Å². The van der Waals surface area contributed by atoms with Gasteiger partial charge in [0.1, 0.15) is 5.75 Å². The van der Waals surface area contributed by atoms with Crippen LogP contribution < -0.4 is 10.1 Å². The molecule has 0 saturated heterocycles. The van der Waals surface area contributed by atoms with Crippen LogP contribution in [0.15, 0.2) is 36.4 Å². The fourth-order valence-corrected chi connectivity index (χ4v) is 2.13. The molecule has 1 N–H and O–H groups in total. The van der Waals surface area contributed by atoms with E-state index in [0.29, 0.717) is 17.9 Å². The van der Waals surface area contributed by atoms with Crippen molar-refractivity contribution in [2.24, 2.45) is 5.92 Å². The van der Waals surface area contributed by atoms with Crippen molar-refractivity contribution in [3.05, 3.63) is 36.4 Å². The van der Waals surface area contributed by atoms with Crippen molar-refractivity contribution in [1.29, 1.82) is 0 Å². The molecule has 0 unspecified atom stereocenters. The van der Waals surface area contributed by atoms with Crippen LogP contribution in [0.5, 0.6) is 5.75 Å². The Morgan fingerprint density at radius 1 is 1.24 bits per heavy atom. The van der Waals surface area contributed by atoms with Gasteiger partial charge in [-0.25, -0.2) is 0 Å². The summed E-state index contributed by atoms with van der Waals surface area (Å²) in [7, 11) is 1.58. The van der Waals surface area contributed by atoms with Gasteiger partial charge < -0.3 is 14.8 Å². The lowest BCUT2D eigenvalue weighted by molar-refractivity contribution is -0.151. The molecule has 2 rings (SSSR count). The second-order valence-corrected chi connectivity index (χ2v) is 4.87. The molecule has 5 nitrogen and oxygen atoms in total. The van der Waals surface area contributed by atoms with Gasteiger partial charge in [0, 0.05) is 5.69 Å². The zero-order chi connectivity index (χ0) is 15.1. The summed E-state index contributed by atoms with van der Waals surface area (Å²) in [5.74, 6) is -0.0577. The number of ether oxygens (including phenoxy) is 2. The van der Waals surface area contributed by atoms with Crippen molar-refractivity contribution >= 4 is 17.6 Å². The first-order valence-electron chi connectivity index (χ1n) is 6.94. The summed E-state index contributed by atoms with van der Waals surface area (Å²) in [4.78, 5) is 23.5. The molecule has 5 heteroatoms. The van der Waals surface area contributed by atoms with Gasteiger partial charge in [-0.1, -0.05) is 12.2 Å². The standard InChI is InChI=1S/C16H19NO4/c1-20-14-9-7-13(8-10-14)17-15(18)11-21-16(19)12-5-3-2-4-6-12/h2-3,7-10,12H,4-6,11H2,1H3,(H,17,18)/t12-/m0/s1. The van der Waals surface area contributed by atoms with E-state index < -0.39 is 0 Å². The van der Waals surface area contributed by atoms with Gasteiger partial charge in [0.2, 0.25) is 0 Å². The average molecular weight is 289 g/mol. The maximum Gasteiger partial charge on any atom is 0.309 e. The molecule has 0 radical (unpaired) electrons. The number of hydrogen-bond donors (Lipinski definition) is 1. The van der Waals surface area contributed by atoms with Gasteiger partial charge in [0.25, 0.3) is 5.91 Å². The number of benzene rings is 1. The summed E-state index contributed by atoms with van der Waals surface area (Å²) in [5.41, 5.74) is 0.637. The molecule has 112 valence electrons. The van der Waals surface area contributed by atoms with Crippen LogP contribution in [-0.4, -0.2) is 25.6 Å². The molecule has 1 aliphatic rings. The largest absolute Gasteiger partial charge is 0.497 e. The second kappa shape index (κ2) is 7.47. The molecule has 1 atom stereocenters. The fraction of sp³-hybridized carbons (Fsp3) is 0.375. The molecule has 21 heavy (non-hydrogen) atoms. The Morgan fingerprint density at radius 3 is 2.62 bits per heavy atom. The zero-order valence-electron chi connectivity index (χ0n) is 12.0. The summed E-state index contributed by atoms with van der Waals surface area (Å²) >= 11 is 0. The average Bonchev–Trinajstić information content (AvgIpc) is 2.54. The number of methoxy groups -OCH3 is 1. The molecule has 0 heterocycles. The summed E-state index contributed by atoms with van der Waals surface area (Å²) in [6, 6.07) is 6.95. The van der Waals surface area contributed by atoms with Crippen molar-refractivity contribution in [2.75, 3.05) is 19.0 Å². The number of hydrogen-bond acceptors (Lipinski definition) is 4. The van der Waals surface area contributed by atoms with Crippen LogP contribution >= 0.6 is 0 Å². The van der Waals surface area contributed by atoms with E-state index in [0.717, 1.165) is 12.8 Å². The maximum absolute atomic E-state index is 11.8. The molecule has 0 bridgehead atoms. The number of allylic oxidation sites excluding steroid dienone is 2. The zero-order valence-corrected chi connectivity index (χ0v) is 12.0. The van der Waals surface area contributed by atoms with E-state index in [-0.39, 0.29) is 24.4 Å². The Labute approximate surface area is 123 Å². The smallest absolute Gasteiger partial charge is 0.309 e. The number of amides is 1. The highest BCUT2D eigenvalue weighted by Gasteiger charge is 2.20. The SMILES string of the molecule is COc1ccc(NC(=O)COC(=O)[C@H]2CC=CCC2)cc1. The highest BCUT2D eigenvalue weighted by Crippen LogP contribution is 2.19. The number of carbonyl (C=O) groups excluding carboxylic acids is 2. The number of carbonyl (C=O) groups is 2. The molecule has 0 spiro atoms. The van der Waals surface area contributed by atoms with E-state index >= 15 is 0 Å². The van der Waals surface area contributed by atoms with Crippen LogP contribution in [0, 0.1) is 5.92 Å². The first-order chi connectivity index (χ1) is 10.2. The Bertz CT molecular complexity index is 522. The summed E-state index contributed by atoms with van der Waals surface area (Å²) in [6.07, 6.45) is 6.40. The number of anilines is 1. The topological polar surface area (TPSA) is 64.6 Å². The molecule has 0 fully saturated rings. The van der Waals surface area contributed by atoms with E-state index in [1.165, 1.54) is 0 Å². The van der Waals surface area contributed by atoms with Crippen LogP contribution in [0.1, 0.15) is 19.3 Å². The molecule has 0 saturated carbocycles. The van der Waals surface area contributed by atoms with Crippen molar-refractivity contribution in [3.8, 4) is 5.75 Å². The highest BCUT2D eigenvalue weighted by atomic mass is 16.5. The van der Waals surface area contributed by atoms with E-state index in [4.69, 9.17) is 9.47 Å². The van der Waals surface area contributed by atoms with E-state index in [1.807, 2.05) is 6.08 Å². The summed E-state index contributed by atoms with van der Waals surface area (Å²) in [5, 5.41) is 2.67. The molecule has 1 aliphatic carbocycles. The van der Waals surface area contributed by atoms with E-state index in [1.54, 1.807) is 31.4 Å². The third-order valence-electron chi connectivity index (χ3n) is 3.32. The first-order valence-corrected chi connectivity index (χ1v) is 6.94. The maximum atomic E-state index is 11.8. The Morgan fingerprint density at radius 2 is 2.00 bits per heavy atom. The van der Waals surface area contributed by atoms with Gasteiger partial charge in [-0.3, -0.25) is 9.59 Å². The van der Waals surface area contributed by atoms with Crippen LogP contribution in [0.2, 0.25) is 0 Å². The molecule has 0 aromatic heterocycles. The first kappa shape index (κ1) is 15.1. The van der Waals surface area contributed by atoms with Gasteiger partial charge in [0.15, 0.2) is 6.61 Å². The lowest BCUT2D eigenvalue weighted by atomic mass is 9.95. The van der Waals surface area contributed by atoms with Crippen LogP contribution in [0.4, 0.5) is 5.69 Å². The van der Waals surface area contributed by atoms with Gasteiger partial charge in [-0.15, -0.1) is 0 Å². The third kappa shape index (κ3) is 4.63. The predicted octanol–water partition coefficient (Wildman–Crippen LogP) is 2.53. The van der Waals surface area contributed by atoms with Crippen molar-refractivity contribution in [2.45, 2.75) is 19.3 Å². The van der Waals surface area contributed by atoms with Crippen molar-refractivity contribution < 1.29 is 19.1 Å².